The molecule has 0 bridgehead atoms. The van der Waals surface area contributed by atoms with Crippen molar-refractivity contribution >= 4 is 12.0 Å². The van der Waals surface area contributed by atoms with Gasteiger partial charge in [0.25, 0.3) is 0 Å². The van der Waals surface area contributed by atoms with Gasteiger partial charge in [-0.2, -0.15) is 0 Å². The number of urea groups is 1. The summed E-state index contributed by atoms with van der Waals surface area (Å²) in [7, 11) is 1.78. The van der Waals surface area contributed by atoms with Gasteiger partial charge in [-0.15, -0.1) is 0 Å². The monoisotopic (exact) mass is 258 g/mol. The van der Waals surface area contributed by atoms with E-state index in [2.05, 4.69) is 5.32 Å². The van der Waals surface area contributed by atoms with E-state index in [0.29, 0.717) is 19.4 Å². The molecule has 0 aromatic carbocycles. The number of carboxylic acids is 1. The van der Waals surface area contributed by atoms with Crippen LogP contribution < -0.4 is 5.32 Å². The lowest BCUT2D eigenvalue weighted by Crippen LogP contribution is -2.49. The SMILES string of the molecule is CCC(C)(C)N(C)C(=O)NCCCC(C)C(=O)O. The fourth-order valence-corrected chi connectivity index (χ4v) is 1.36. The number of hydrogen-bond acceptors (Lipinski definition) is 2. The van der Waals surface area contributed by atoms with E-state index in [1.54, 1.807) is 18.9 Å². The summed E-state index contributed by atoms with van der Waals surface area (Å²) in [5, 5.41) is 11.5. The van der Waals surface area contributed by atoms with E-state index in [-0.39, 0.29) is 17.5 Å². The van der Waals surface area contributed by atoms with Gasteiger partial charge in [0.15, 0.2) is 0 Å². The van der Waals surface area contributed by atoms with E-state index in [1.165, 1.54) is 0 Å². The Labute approximate surface area is 110 Å². The lowest BCUT2D eigenvalue weighted by molar-refractivity contribution is -0.141. The van der Waals surface area contributed by atoms with Crippen LogP contribution in [0.5, 0.6) is 0 Å². The molecule has 2 N–H and O–H groups in total. The molecular formula is C13H26N2O3. The van der Waals surface area contributed by atoms with Crippen LogP contribution in [0, 0.1) is 5.92 Å². The topological polar surface area (TPSA) is 69.6 Å². The second-order valence-electron chi connectivity index (χ2n) is 5.34. The summed E-state index contributed by atoms with van der Waals surface area (Å²) in [5.41, 5.74) is -0.168. The Kier molecular flexibility index (Phi) is 6.73. The third-order valence-corrected chi connectivity index (χ3v) is 3.59. The number of carbonyl (C=O) groups excluding carboxylic acids is 1. The number of aliphatic carboxylic acids is 1. The number of hydrogen-bond donors (Lipinski definition) is 2. The minimum Gasteiger partial charge on any atom is -0.481 e. The predicted molar refractivity (Wildman–Crippen MR) is 71.6 cm³/mol. The molecule has 2 amide bonds. The van der Waals surface area contributed by atoms with Gasteiger partial charge in [-0.3, -0.25) is 4.79 Å². The van der Waals surface area contributed by atoms with Gasteiger partial charge in [0, 0.05) is 19.1 Å². The minimum atomic E-state index is -0.787. The molecule has 0 heterocycles. The van der Waals surface area contributed by atoms with Crippen molar-refractivity contribution in [3.8, 4) is 0 Å². The van der Waals surface area contributed by atoms with Crippen LogP contribution >= 0.6 is 0 Å². The Morgan fingerprint density at radius 2 is 1.94 bits per heavy atom. The summed E-state index contributed by atoms with van der Waals surface area (Å²) in [6, 6.07) is -0.107. The van der Waals surface area contributed by atoms with E-state index in [4.69, 9.17) is 5.11 Å². The highest BCUT2D eigenvalue weighted by Gasteiger charge is 2.25. The lowest BCUT2D eigenvalue weighted by atomic mass is 10.0. The van der Waals surface area contributed by atoms with E-state index in [1.807, 2.05) is 20.8 Å². The molecule has 1 atom stereocenters. The van der Waals surface area contributed by atoms with Crippen LogP contribution in [0.2, 0.25) is 0 Å². The molecule has 0 aliphatic carbocycles. The van der Waals surface area contributed by atoms with Crippen molar-refractivity contribution < 1.29 is 14.7 Å². The Hall–Kier alpha value is -1.26. The van der Waals surface area contributed by atoms with Crippen LogP contribution in [-0.4, -0.2) is 41.1 Å². The van der Waals surface area contributed by atoms with Gasteiger partial charge in [-0.1, -0.05) is 13.8 Å². The molecule has 0 spiro atoms. The summed E-state index contributed by atoms with van der Waals surface area (Å²) in [4.78, 5) is 24.1. The molecule has 0 saturated carbocycles. The molecule has 0 fully saturated rings. The maximum Gasteiger partial charge on any atom is 0.317 e. The zero-order valence-corrected chi connectivity index (χ0v) is 12.1. The van der Waals surface area contributed by atoms with E-state index in [9.17, 15) is 9.59 Å². The van der Waals surface area contributed by atoms with Crippen LogP contribution in [0.25, 0.3) is 0 Å². The second kappa shape index (κ2) is 7.24. The van der Waals surface area contributed by atoms with E-state index < -0.39 is 5.97 Å². The number of nitrogens with one attached hydrogen (secondary N) is 1. The Morgan fingerprint density at radius 3 is 2.39 bits per heavy atom. The fraction of sp³-hybridized carbons (Fsp3) is 0.846. The van der Waals surface area contributed by atoms with E-state index in [0.717, 1.165) is 6.42 Å². The van der Waals surface area contributed by atoms with Gasteiger partial charge >= 0.3 is 12.0 Å². The van der Waals surface area contributed by atoms with Crippen molar-refractivity contribution in [2.75, 3.05) is 13.6 Å². The molecule has 0 aromatic heterocycles. The summed E-state index contributed by atoms with van der Waals surface area (Å²) in [6.45, 7) is 8.26. The molecule has 106 valence electrons. The number of carboxylic acid groups (broad SMARTS) is 1. The van der Waals surface area contributed by atoms with Gasteiger partial charge in [0.2, 0.25) is 0 Å². The maximum atomic E-state index is 11.8. The second-order valence-corrected chi connectivity index (χ2v) is 5.34. The Balaban J connectivity index is 3.95. The van der Waals surface area contributed by atoms with Gasteiger partial charge in [0.1, 0.15) is 0 Å². The van der Waals surface area contributed by atoms with Gasteiger partial charge in [0.05, 0.1) is 5.92 Å². The van der Waals surface area contributed by atoms with Crippen molar-refractivity contribution in [1.82, 2.24) is 10.2 Å². The van der Waals surface area contributed by atoms with Crippen molar-refractivity contribution in [3.63, 3.8) is 0 Å². The number of nitrogens with zero attached hydrogens (tertiary/aromatic N) is 1. The Bertz CT molecular complexity index is 290. The minimum absolute atomic E-state index is 0.107. The zero-order valence-electron chi connectivity index (χ0n) is 12.1. The standard InChI is InChI=1S/C13H26N2O3/c1-6-13(3,4)15(5)12(18)14-9-7-8-10(2)11(16)17/h10H,6-9H2,1-5H3,(H,14,18)(H,16,17). The van der Waals surface area contributed by atoms with Crippen LogP contribution in [-0.2, 0) is 4.79 Å². The smallest absolute Gasteiger partial charge is 0.317 e. The fourth-order valence-electron chi connectivity index (χ4n) is 1.36. The molecule has 0 aliphatic heterocycles. The van der Waals surface area contributed by atoms with Gasteiger partial charge < -0.3 is 15.3 Å². The van der Waals surface area contributed by atoms with Crippen LogP contribution in [0.1, 0.15) is 47.0 Å². The first-order valence-corrected chi connectivity index (χ1v) is 6.46. The van der Waals surface area contributed by atoms with Gasteiger partial charge in [-0.05, 0) is 33.1 Å². The van der Waals surface area contributed by atoms with Crippen LogP contribution in [0.15, 0.2) is 0 Å². The predicted octanol–water partition coefficient (Wildman–Crippen LogP) is 2.32. The molecule has 0 saturated heterocycles. The number of rotatable bonds is 7. The van der Waals surface area contributed by atoms with Crippen LogP contribution in [0.3, 0.4) is 0 Å². The summed E-state index contributed by atoms with van der Waals surface area (Å²) < 4.78 is 0. The molecule has 0 aliphatic rings. The lowest BCUT2D eigenvalue weighted by Gasteiger charge is -2.34. The quantitative estimate of drug-likeness (QED) is 0.688. The molecule has 0 radical (unpaired) electrons. The van der Waals surface area contributed by atoms with Crippen molar-refractivity contribution in [2.45, 2.75) is 52.5 Å². The third kappa shape index (κ3) is 5.38. The number of carbonyl (C=O) groups is 2. The molecule has 0 rings (SSSR count). The largest absolute Gasteiger partial charge is 0.481 e. The summed E-state index contributed by atoms with van der Waals surface area (Å²) in [5.74, 6) is -1.14. The maximum absolute atomic E-state index is 11.8. The van der Waals surface area contributed by atoms with Crippen molar-refractivity contribution in [1.29, 1.82) is 0 Å². The first-order chi connectivity index (χ1) is 8.22. The molecule has 5 heteroatoms. The van der Waals surface area contributed by atoms with Gasteiger partial charge in [-0.25, -0.2) is 4.79 Å². The highest BCUT2D eigenvalue weighted by Crippen LogP contribution is 2.16. The highest BCUT2D eigenvalue weighted by molar-refractivity contribution is 5.74. The summed E-state index contributed by atoms with van der Waals surface area (Å²) in [6.07, 6.45) is 2.14. The molecule has 0 aromatic rings. The normalized spacial score (nSPS) is 12.9. The molecule has 5 nitrogen and oxygen atoms in total. The van der Waals surface area contributed by atoms with Crippen molar-refractivity contribution in [3.05, 3.63) is 0 Å². The number of amides is 2. The average molecular weight is 258 g/mol. The third-order valence-electron chi connectivity index (χ3n) is 3.59. The average Bonchev–Trinajstić information content (AvgIpc) is 2.32. The van der Waals surface area contributed by atoms with E-state index >= 15 is 0 Å². The van der Waals surface area contributed by atoms with Crippen LogP contribution in [0.4, 0.5) is 4.79 Å². The highest BCUT2D eigenvalue weighted by atomic mass is 16.4. The molecule has 18 heavy (non-hydrogen) atoms. The molecular weight excluding hydrogens is 232 g/mol. The molecule has 1 unspecified atom stereocenters. The first-order valence-electron chi connectivity index (χ1n) is 6.46. The van der Waals surface area contributed by atoms with Crippen molar-refractivity contribution in [2.24, 2.45) is 5.92 Å². The zero-order chi connectivity index (χ0) is 14.3. The Morgan fingerprint density at radius 1 is 1.39 bits per heavy atom. The summed E-state index contributed by atoms with van der Waals surface area (Å²) >= 11 is 0. The first kappa shape index (κ1) is 16.7.